The number of hydrogen-bond acceptors (Lipinski definition) is 3. The Hall–Kier alpha value is -1.46. The fourth-order valence-corrected chi connectivity index (χ4v) is 2.06. The molecule has 19 heavy (non-hydrogen) atoms. The van der Waals surface area contributed by atoms with Crippen LogP contribution in [0.1, 0.15) is 19.7 Å². The van der Waals surface area contributed by atoms with E-state index in [0.717, 1.165) is 0 Å². The van der Waals surface area contributed by atoms with Crippen LogP contribution in [0.4, 0.5) is 4.39 Å². The van der Waals surface area contributed by atoms with Crippen LogP contribution in [0.3, 0.4) is 0 Å². The summed E-state index contributed by atoms with van der Waals surface area (Å²) in [4.78, 5) is 0. The van der Waals surface area contributed by atoms with E-state index in [4.69, 9.17) is 11.6 Å². The van der Waals surface area contributed by atoms with E-state index in [9.17, 15) is 9.50 Å². The molecule has 0 spiro atoms. The molecule has 0 saturated heterocycles. The van der Waals surface area contributed by atoms with Crippen LogP contribution in [0.15, 0.2) is 18.2 Å². The zero-order valence-electron chi connectivity index (χ0n) is 10.8. The average Bonchev–Trinajstić information content (AvgIpc) is 2.75. The van der Waals surface area contributed by atoms with E-state index in [1.807, 2.05) is 13.8 Å². The molecular weight excluding hydrogens is 269 g/mol. The van der Waals surface area contributed by atoms with Crippen LogP contribution in [-0.2, 0) is 13.2 Å². The molecule has 0 bridgehead atoms. The van der Waals surface area contributed by atoms with Gasteiger partial charge in [-0.1, -0.05) is 31.5 Å². The largest absolute Gasteiger partial charge is 0.388 e. The predicted octanol–water partition coefficient (Wildman–Crippen LogP) is 2.89. The summed E-state index contributed by atoms with van der Waals surface area (Å²) in [7, 11) is 0. The summed E-state index contributed by atoms with van der Waals surface area (Å²) in [5.41, 5.74) is 0.292. The summed E-state index contributed by atoms with van der Waals surface area (Å²) in [6.07, 6.45) is 0. The minimum Gasteiger partial charge on any atom is -0.388 e. The first-order valence-corrected chi connectivity index (χ1v) is 6.39. The Kier molecular flexibility index (Phi) is 4.17. The molecule has 0 atom stereocenters. The smallest absolute Gasteiger partial charge is 0.167 e. The van der Waals surface area contributed by atoms with Gasteiger partial charge in [-0.15, -0.1) is 10.2 Å². The van der Waals surface area contributed by atoms with Crippen molar-refractivity contribution < 1.29 is 9.50 Å². The number of nitrogens with zero attached hydrogens (tertiary/aromatic N) is 3. The Morgan fingerprint density at radius 2 is 2.11 bits per heavy atom. The first-order chi connectivity index (χ1) is 9.04. The molecule has 2 rings (SSSR count). The van der Waals surface area contributed by atoms with Gasteiger partial charge >= 0.3 is 0 Å². The van der Waals surface area contributed by atoms with Crippen molar-refractivity contribution in [1.82, 2.24) is 14.8 Å². The van der Waals surface area contributed by atoms with Crippen molar-refractivity contribution in [2.75, 3.05) is 0 Å². The molecule has 0 unspecified atom stereocenters. The maximum absolute atomic E-state index is 14.0. The van der Waals surface area contributed by atoms with Crippen LogP contribution in [0, 0.1) is 11.7 Å². The number of rotatable bonds is 4. The minimum atomic E-state index is -0.522. The number of benzene rings is 1. The predicted molar refractivity (Wildman–Crippen MR) is 71.2 cm³/mol. The summed E-state index contributed by atoms with van der Waals surface area (Å²) < 4.78 is 15.8. The fraction of sp³-hybridized carbons (Fsp3) is 0.385. The van der Waals surface area contributed by atoms with Crippen LogP contribution in [0.25, 0.3) is 11.4 Å². The molecule has 4 nitrogen and oxygen atoms in total. The molecule has 0 amide bonds. The van der Waals surface area contributed by atoms with Gasteiger partial charge in [0.25, 0.3) is 0 Å². The van der Waals surface area contributed by atoms with Crippen LogP contribution in [0.2, 0.25) is 5.02 Å². The van der Waals surface area contributed by atoms with Gasteiger partial charge in [0.1, 0.15) is 6.61 Å². The lowest BCUT2D eigenvalue weighted by atomic mass is 10.1. The highest BCUT2D eigenvalue weighted by Crippen LogP contribution is 2.27. The van der Waals surface area contributed by atoms with Gasteiger partial charge in [0.2, 0.25) is 0 Å². The molecule has 0 aliphatic heterocycles. The second kappa shape index (κ2) is 5.67. The number of aliphatic hydroxyl groups excluding tert-OH is 1. The second-order valence-corrected chi connectivity index (χ2v) is 5.11. The van der Waals surface area contributed by atoms with Crippen molar-refractivity contribution in [3.63, 3.8) is 0 Å². The van der Waals surface area contributed by atoms with E-state index in [1.54, 1.807) is 16.7 Å². The standard InChI is InChI=1S/C13H15ClFN3O/c1-8(2)6-18-11(7-19)16-17-13(18)9-4-3-5-10(14)12(9)15/h3-5,8,19H,6-7H2,1-2H3. The lowest BCUT2D eigenvalue weighted by Crippen LogP contribution is -2.10. The first kappa shape index (κ1) is 14.0. The van der Waals surface area contributed by atoms with E-state index in [2.05, 4.69) is 10.2 Å². The van der Waals surface area contributed by atoms with Gasteiger partial charge in [-0.25, -0.2) is 4.39 Å². The molecule has 0 aliphatic carbocycles. The van der Waals surface area contributed by atoms with Gasteiger partial charge in [-0.3, -0.25) is 0 Å². The van der Waals surface area contributed by atoms with Crippen LogP contribution >= 0.6 is 11.6 Å². The Morgan fingerprint density at radius 1 is 1.37 bits per heavy atom. The number of hydrogen-bond donors (Lipinski definition) is 1. The summed E-state index contributed by atoms with van der Waals surface area (Å²) in [6, 6.07) is 4.74. The van der Waals surface area contributed by atoms with Gasteiger partial charge < -0.3 is 9.67 Å². The molecule has 2 aromatic rings. The van der Waals surface area contributed by atoms with E-state index in [0.29, 0.717) is 29.7 Å². The van der Waals surface area contributed by atoms with E-state index < -0.39 is 5.82 Å². The molecular formula is C13H15ClFN3O. The van der Waals surface area contributed by atoms with E-state index in [-0.39, 0.29) is 11.6 Å². The molecule has 1 N–H and O–H groups in total. The second-order valence-electron chi connectivity index (χ2n) is 4.70. The number of aliphatic hydroxyl groups is 1. The molecule has 0 saturated carbocycles. The van der Waals surface area contributed by atoms with Crippen molar-refractivity contribution >= 4 is 11.6 Å². The van der Waals surface area contributed by atoms with Crippen molar-refractivity contribution in [2.45, 2.75) is 27.0 Å². The van der Waals surface area contributed by atoms with Gasteiger partial charge in [0.15, 0.2) is 17.5 Å². The van der Waals surface area contributed by atoms with Gasteiger partial charge in [0.05, 0.1) is 10.6 Å². The molecule has 1 aromatic carbocycles. The molecule has 0 aliphatic rings. The molecule has 102 valence electrons. The molecule has 1 heterocycles. The molecule has 0 radical (unpaired) electrons. The third-order valence-corrected chi connectivity index (χ3v) is 3.00. The molecule has 0 fully saturated rings. The van der Waals surface area contributed by atoms with Crippen LogP contribution in [0.5, 0.6) is 0 Å². The van der Waals surface area contributed by atoms with E-state index in [1.165, 1.54) is 6.07 Å². The van der Waals surface area contributed by atoms with Gasteiger partial charge in [0, 0.05) is 6.54 Å². The third-order valence-electron chi connectivity index (χ3n) is 2.71. The van der Waals surface area contributed by atoms with Crippen LogP contribution in [-0.4, -0.2) is 19.9 Å². The molecule has 1 aromatic heterocycles. The SMILES string of the molecule is CC(C)Cn1c(CO)nnc1-c1cccc(Cl)c1F. The maximum atomic E-state index is 14.0. The van der Waals surface area contributed by atoms with Crippen molar-refractivity contribution in [2.24, 2.45) is 5.92 Å². The summed E-state index contributed by atoms with van der Waals surface area (Å²) in [5.74, 6) is 0.606. The highest BCUT2D eigenvalue weighted by atomic mass is 35.5. The normalized spacial score (nSPS) is 11.3. The van der Waals surface area contributed by atoms with Crippen LogP contribution < -0.4 is 0 Å². The highest BCUT2D eigenvalue weighted by molar-refractivity contribution is 6.31. The van der Waals surface area contributed by atoms with E-state index >= 15 is 0 Å². The fourth-order valence-electron chi connectivity index (χ4n) is 1.89. The lowest BCUT2D eigenvalue weighted by Gasteiger charge is -2.12. The van der Waals surface area contributed by atoms with Gasteiger partial charge in [-0.2, -0.15) is 0 Å². The molecule has 6 heteroatoms. The lowest BCUT2D eigenvalue weighted by molar-refractivity contribution is 0.262. The Bertz CT molecular complexity index is 583. The number of halogens is 2. The minimum absolute atomic E-state index is 0.0437. The van der Waals surface area contributed by atoms with Crippen molar-refractivity contribution in [3.8, 4) is 11.4 Å². The zero-order chi connectivity index (χ0) is 14.0. The highest BCUT2D eigenvalue weighted by Gasteiger charge is 2.18. The topological polar surface area (TPSA) is 50.9 Å². The summed E-state index contributed by atoms with van der Waals surface area (Å²) >= 11 is 5.78. The quantitative estimate of drug-likeness (QED) is 0.939. The third kappa shape index (κ3) is 2.77. The van der Waals surface area contributed by atoms with Crippen molar-refractivity contribution in [3.05, 3.63) is 34.9 Å². The summed E-state index contributed by atoms with van der Waals surface area (Å²) in [6.45, 7) is 4.42. The van der Waals surface area contributed by atoms with Crippen molar-refractivity contribution in [1.29, 1.82) is 0 Å². The Balaban J connectivity index is 2.55. The summed E-state index contributed by atoms with van der Waals surface area (Å²) in [5, 5.41) is 17.2. The maximum Gasteiger partial charge on any atom is 0.167 e. The zero-order valence-corrected chi connectivity index (χ0v) is 11.5. The van der Waals surface area contributed by atoms with Gasteiger partial charge in [-0.05, 0) is 18.1 Å². The Labute approximate surface area is 115 Å². The first-order valence-electron chi connectivity index (χ1n) is 6.02. The Morgan fingerprint density at radius 3 is 2.74 bits per heavy atom. The average molecular weight is 284 g/mol. The monoisotopic (exact) mass is 283 g/mol. The number of aromatic nitrogens is 3.